The zero-order valence-electron chi connectivity index (χ0n) is 12.2. The van der Waals surface area contributed by atoms with E-state index in [-0.39, 0.29) is 27.8 Å². The van der Waals surface area contributed by atoms with E-state index in [0.29, 0.717) is 12.1 Å². The molecule has 4 nitrogen and oxygen atoms in total. The van der Waals surface area contributed by atoms with Gasteiger partial charge in [-0.25, -0.2) is 4.79 Å². The van der Waals surface area contributed by atoms with Crippen molar-refractivity contribution >= 4 is 29.2 Å². The highest BCUT2D eigenvalue weighted by molar-refractivity contribution is 6.33. The monoisotopic (exact) mass is 297 g/mol. The number of nitrogens with one attached hydrogen (secondary N) is 1. The number of aromatic carboxylic acids is 1. The summed E-state index contributed by atoms with van der Waals surface area (Å²) in [6.45, 7) is 8.26. The topological polar surface area (TPSA) is 66.4 Å². The first kappa shape index (κ1) is 16.5. The number of hydrogen-bond acceptors (Lipinski definition) is 2. The first-order valence-electron chi connectivity index (χ1n) is 6.44. The van der Waals surface area contributed by atoms with E-state index in [2.05, 4.69) is 26.1 Å². The average Bonchev–Trinajstić information content (AvgIpc) is 2.29. The SMILES string of the molecule is CC(CC(=O)Nc1ccc(Cl)c(C(=O)O)c1)C(C)(C)C. The number of amides is 1. The van der Waals surface area contributed by atoms with Crippen molar-refractivity contribution in [2.45, 2.75) is 34.1 Å². The van der Waals surface area contributed by atoms with Crippen LogP contribution in [0.4, 0.5) is 5.69 Å². The molecular weight excluding hydrogens is 278 g/mol. The fraction of sp³-hybridized carbons (Fsp3) is 0.467. The smallest absolute Gasteiger partial charge is 0.337 e. The Morgan fingerprint density at radius 3 is 2.45 bits per heavy atom. The summed E-state index contributed by atoms with van der Waals surface area (Å²) in [5, 5.41) is 11.8. The largest absolute Gasteiger partial charge is 0.478 e. The van der Waals surface area contributed by atoms with Crippen LogP contribution in [0.1, 0.15) is 44.5 Å². The zero-order valence-corrected chi connectivity index (χ0v) is 12.9. The van der Waals surface area contributed by atoms with Crippen molar-refractivity contribution in [3.05, 3.63) is 28.8 Å². The van der Waals surface area contributed by atoms with Crippen molar-refractivity contribution in [3.63, 3.8) is 0 Å². The lowest BCUT2D eigenvalue weighted by molar-refractivity contribution is -0.117. The van der Waals surface area contributed by atoms with Gasteiger partial charge >= 0.3 is 5.97 Å². The van der Waals surface area contributed by atoms with Gasteiger partial charge in [0.05, 0.1) is 10.6 Å². The van der Waals surface area contributed by atoms with Crippen LogP contribution in [-0.2, 0) is 4.79 Å². The van der Waals surface area contributed by atoms with Gasteiger partial charge in [-0.05, 0) is 29.5 Å². The maximum atomic E-state index is 11.9. The molecule has 1 aromatic carbocycles. The third-order valence-electron chi connectivity index (χ3n) is 3.45. The Morgan fingerprint density at radius 1 is 1.35 bits per heavy atom. The molecule has 0 saturated heterocycles. The molecule has 0 aliphatic rings. The Labute approximate surface area is 124 Å². The van der Waals surface area contributed by atoms with Crippen LogP contribution in [-0.4, -0.2) is 17.0 Å². The van der Waals surface area contributed by atoms with Crippen LogP contribution in [0, 0.1) is 11.3 Å². The Bertz CT molecular complexity index is 520. The molecule has 0 aliphatic heterocycles. The lowest BCUT2D eigenvalue weighted by Gasteiger charge is -2.26. The van der Waals surface area contributed by atoms with Crippen LogP contribution in [0.2, 0.25) is 5.02 Å². The van der Waals surface area contributed by atoms with E-state index in [1.165, 1.54) is 12.1 Å². The quantitative estimate of drug-likeness (QED) is 0.881. The van der Waals surface area contributed by atoms with Crippen molar-refractivity contribution in [1.82, 2.24) is 0 Å². The first-order chi connectivity index (χ1) is 9.11. The van der Waals surface area contributed by atoms with E-state index in [1.807, 2.05) is 6.92 Å². The van der Waals surface area contributed by atoms with E-state index in [9.17, 15) is 9.59 Å². The van der Waals surface area contributed by atoms with Crippen LogP contribution >= 0.6 is 11.6 Å². The average molecular weight is 298 g/mol. The predicted octanol–water partition coefficient (Wildman–Crippen LogP) is 4.05. The number of benzene rings is 1. The molecule has 2 N–H and O–H groups in total. The van der Waals surface area contributed by atoms with Crippen LogP contribution in [0.5, 0.6) is 0 Å². The second-order valence-electron chi connectivity index (χ2n) is 6.02. The summed E-state index contributed by atoms with van der Waals surface area (Å²) in [7, 11) is 0. The molecule has 110 valence electrons. The summed E-state index contributed by atoms with van der Waals surface area (Å²) >= 11 is 5.78. The third kappa shape index (κ3) is 4.53. The standard InChI is InChI=1S/C15H20ClNO3/c1-9(15(2,3)4)7-13(18)17-10-5-6-12(16)11(8-10)14(19)20/h5-6,8-9H,7H2,1-4H3,(H,17,18)(H,19,20). The van der Waals surface area contributed by atoms with Crippen LogP contribution in [0.3, 0.4) is 0 Å². The van der Waals surface area contributed by atoms with Crippen molar-refractivity contribution in [2.75, 3.05) is 5.32 Å². The van der Waals surface area contributed by atoms with Gasteiger partial charge in [-0.3, -0.25) is 4.79 Å². The lowest BCUT2D eigenvalue weighted by Crippen LogP contribution is -2.24. The lowest BCUT2D eigenvalue weighted by atomic mass is 9.80. The van der Waals surface area contributed by atoms with Crippen LogP contribution in [0.25, 0.3) is 0 Å². The van der Waals surface area contributed by atoms with E-state index >= 15 is 0 Å². The van der Waals surface area contributed by atoms with Gasteiger partial charge in [0, 0.05) is 12.1 Å². The fourth-order valence-corrected chi connectivity index (χ4v) is 1.76. The van der Waals surface area contributed by atoms with Crippen molar-refractivity contribution < 1.29 is 14.7 Å². The fourth-order valence-electron chi connectivity index (χ4n) is 1.56. The molecule has 0 aliphatic carbocycles. The summed E-state index contributed by atoms with van der Waals surface area (Å²) in [6.07, 6.45) is 0.383. The molecule has 0 radical (unpaired) electrons. The van der Waals surface area contributed by atoms with Gasteiger partial charge < -0.3 is 10.4 Å². The minimum atomic E-state index is -1.12. The minimum absolute atomic E-state index is 0.0201. The molecule has 0 bridgehead atoms. The molecule has 1 unspecified atom stereocenters. The molecule has 0 aromatic heterocycles. The maximum Gasteiger partial charge on any atom is 0.337 e. The number of anilines is 1. The normalized spacial score (nSPS) is 12.8. The van der Waals surface area contributed by atoms with Gasteiger partial charge in [-0.1, -0.05) is 39.3 Å². The number of carboxylic acids is 1. The van der Waals surface area contributed by atoms with Gasteiger partial charge in [-0.15, -0.1) is 0 Å². The summed E-state index contributed by atoms with van der Waals surface area (Å²) < 4.78 is 0. The molecule has 1 rings (SSSR count). The van der Waals surface area contributed by atoms with Gasteiger partial charge in [-0.2, -0.15) is 0 Å². The molecular formula is C15H20ClNO3. The number of carbonyl (C=O) groups is 2. The first-order valence-corrected chi connectivity index (χ1v) is 6.81. The summed E-state index contributed by atoms with van der Waals surface area (Å²) in [6, 6.07) is 4.42. The number of rotatable bonds is 4. The van der Waals surface area contributed by atoms with E-state index in [0.717, 1.165) is 0 Å². The highest BCUT2D eigenvalue weighted by Gasteiger charge is 2.22. The molecule has 0 saturated carbocycles. The summed E-state index contributed by atoms with van der Waals surface area (Å²) in [5.41, 5.74) is 0.468. The Morgan fingerprint density at radius 2 is 1.95 bits per heavy atom. The second kappa shape index (κ2) is 6.27. The van der Waals surface area contributed by atoms with Gasteiger partial charge in [0.1, 0.15) is 0 Å². The molecule has 1 amide bonds. The van der Waals surface area contributed by atoms with E-state index < -0.39 is 5.97 Å². The number of halogens is 1. The highest BCUT2D eigenvalue weighted by Crippen LogP contribution is 2.28. The summed E-state index contributed by atoms with van der Waals surface area (Å²) in [4.78, 5) is 22.9. The maximum absolute atomic E-state index is 11.9. The van der Waals surface area contributed by atoms with Crippen LogP contribution < -0.4 is 5.32 Å². The van der Waals surface area contributed by atoms with Crippen LogP contribution in [0.15, 0.2) is 18.2 Å². The summed E-state index contributed by atoms with van der Waals surface area (Å²) in [5.74, 6) is -1.03. The molecule has 0 heterocycles. The molecule has 0 fully saturated rings. The van der Waals surface area contributed by atoms with Gasteiger partial charge in [0.15, 0.2) is 0 Å². The number of carboxylic acid groups (broad SMARTS) is 1. The molecule has 5 heteroatoms. The third-order valence-corrected chi connectivity index (χ3v) is 3.78. The molecule has 1 aromatic rings. The zero-order chi connectivity index (χ0) is 15.5. The molecule has 0 spiro atoms. The Balaban J connectivity index is 2.77. The second-order valence-corrected chi connectivity index (χ2v) is 6.43. The van der Waals surface area contributed by atoms with Crippen molar-refractivity contribution in [3.8, 4) is 0 Å². The minimum Gasteiger partial charge on any atom is -0.478 e. The highest BCUT2D eigenvalue weighted by atomic mass is 35.5. The number of hydrogen-bond donors (Lipinski definition) is 2. The van der Waals surface area contributed by atoms with Gasteiger partial charge in [0.25, 0.3) is 0 Å². The van der Waals surface area contributed by atoms with Crippen molar-refractivity contribution in [2.24, 2.45) is 11.3 Å². The molecule has 1 atom stereocenters. The number of carbonyl (C=O) groups excluding carboxylic acids is 1. The molecule has 20 heavy (non-hydrogen) atoms. The van der Waals surface area contributed by atoms with E-state index in [4.69, 9.17) is 16.7 Å². The van der Waals surface area contributed by atoms with E-state index in [1.54, 1.807) is 6.07 Å². The predicted molar refractivity (Wildman–Crippen MR) is 80.3 cm³/mol. The Hall–Kier alpha value is -1.55. The van der Waals surface area contributed by atoms with Crippen molar-refractivity contribution in [1.29, 1.82) is 0 Å². The van der Waals surface area contributed by atoms with Gasteiger partial charge in [0.2, 0.25) is 5.91 Å². The Kier molecular flexibility index (Phi) is 5.17.